The topological polar surface area (TPSA) is 60.9 Å². The van der Waals surface area contributed by atoms with E-state index >= 15 is 0 Å². The first-order valence-corrected chi connectivity index (χ1v) is 6.17. The second kappa shape index (κ2) is 7.50. The van der Waals surface area contributed by atoms with Crippen LogP contribution in [0.15, 0.2) is 30.5 Å². The van der Waals surface area contributed by atoms with Crippen LogP contribution in [-0.2, 0) is 6.54 Å². The highest BCUT2D eigenvalue weighted by atomic mass is 35.5. The van der Waals surface area contributed by atoms with Gasteiger partial charge in [-0.05, 0) is 24.6 Å². The minimum absolute atomic E-state index is 0. The van der Waals surface area contributed by atoms with Crippen LogP contribution in [0.2, 0.25) is 5.02 Å². The lowest BCUT2D eigenvalue weighted by molar-refractivity contribution is 0.174. The summed E-state index contributed by atoms with van der Waals surface area (Å²) in [6.45, 7) is 3.13. The number of nitrogens with zero attached hydrogens (tertiary/aromatic N) is 1. The minimum Gasteiger partial charge on any atom is -0.387 e. The first kappa shape index (κ1) is 16.0. The van der Waals surface area contributed by atoms with Gasteiger partial charge in [0.2, 0.25) is 0 Å². The normalized spacial score (nSPS) is 11.9. The van der Waals surface area contributed by atoms with Crippen LogP contribution in [0, 0.1) is 6.92 Å². The van der Waals surface area contributed by atoms with Crippen LogP contribution in [0.4, 0.5) is 0 Å². The van der Waals surface area contributed by atoms with E-state index in [4.69, 9.17) is 11.6 Å². The molecule has 2 aromatic rings. The molecule has 104 valence electrons. The molecule has 1 unspecified atom stereocenters. The molecule has 19 heavy (non-hydrogen) atoms. The second-order valence-electron chi connectivity index (χ2n) is 4.22. The summed E-state index contributed by atoms with van der Waals surface area (Å²) < 4.78 is 0. The third kappa shape index (κ3) is 4.51. The van der Waals surface area contributed by atoms with Gasteiger partial charge in [0.25, 0.3) is 0 Å². The van der Waals surface area contributed by atoms with Crippen molar-refractivity contribution in [3.63, 3.8) is 0 Å². The van der Waals surface area contributed by atoms with Gasteiger partial charge in [0.05, 0.1) is 12.3 Å². The van der Waals surface area contributed by atoms with Gasteiger partial charge in [0.15, 0.2) is 0 Å². The van der Waals surface area contributed by atoms with Crippen molar-refractivity contribution in [2.75, 3.05) is 6.54 Å². The van der Waals surface area contributed by atoms with Crippen molar-refractivity contribution in [1.82, 2.24) is 15.5 Å². The molecule has 0 aliphatic heterocycles. The zero-order chi connectivity index (χ0) is 13.0. The number of hydrogen-bond acceptors (Lipinski definition) is 3. The molecule has 0 fully saturated rings. The standard InChI is InChI=1S/C13H16ClN3O.ClH/c1-9-11(7-16-17-9)6-15-8-13(18)10-3-2-4-12(14)5-10;/h2-5,7,13,15,18H,6,8H2,1H3,(H,16,17);1H. The predicted molar refractivity (Wildman–Crippen MR) is 78.7 cm³/mol. The largest absolute Gasteiger partial charge is 0.387 e. The molecule has 0 aliphatic carbocycles. The fraction of sp³-hybridized carbons (Fsp3) is 0.308. The number of aromatic amines is 1. The summed E-state index contributed by atoms with van der Waals surface area (Å²) in [5.41, 5.74) is 2.96. The van der Waals surface area contributed by atoms with Crippen molar-refractivity contribution in [3.8, 4) is 0 Å². The average Bonchev–Trinajstić information content (AvgIpc) is 2.75. The van der Waals surface area contributed by atoms with Gasteiger partial charge in [-0.2, -0.15) is 5.10 Å². The Kier molecular flexibility index (Phi) is 6.31. The van der Waals surface area contributed by atoms with Crippen molar-refractivity contribution >= 4 is 24.0 Å². The number of aromatic nitrogens is 2. The lowest BCUT2D eigenvalue weighted by Crippen LogP contribution is -2.21. The third-order valence-corrected chi connectivity index (χ3v) is 3.06. The first-order chi connectivity index (χ1) is 8.66. The highest BCUT2D eigenvalue weighted by molar-refractivity contribution is 6.30. The summed E-state index contributed by atoms with van der Waals surface area (Å²) in [4.78, 5) is 0. The number of rotatable bonds is 5. The first-order valence-electron chi connectivity index (χ1n) is 5.80. The minimum atomic E-state index is -0.559. The van der Waals surface area contributed by atoms with E-state index < -0.39 is 6.10 Å². The van der Waals surface area contributed by atoms with Crippen LogP contribution in [0.5, 0.6) is 0 Å². The van der Waals surface area contributed by atoms with Gasteiger partial charge in [0.1, 0.15) is 0 Å². The molecule has 6 heteroatoms. The van der Waals surface area contributed by atoms with E-state index in [1.165, 1.54) is 0 Å². The maximum atomic E-state index is 10.00. The number of benzene rings is 1. The molecule has 4 nitrogen and oxygen atoms in total. The van der Waals surface area contributed by atoms with Gasteiger partial charge >= 0.3 is 0 Å². The fourth-order valence-corrected chi connectivity index (χ4v) is 1.93. The van der Waals surface area contributed by atoms with E-state index in [2.05, 4.69) is 15.5 Å². The second-order valence-corrected chi connectivity index (χ2v) is 4.66. The molecule has 0 saturated heterocycles. The molecule has 1 heterocycles. The number of aryl methyl sites for hydroxylation is 1. The Morgan fingerprint density at radius 2 is 2.26 bits per heavy atom. The molecule has 0 bridgehead atoms. The number of aliphatic hydroxyl groups excluding tert-OH is 1. The van der Waals surface area contributed by atoms with Crippen molar-refractivity contribution in [3.05, 3.63) is 52.3 Å². The Balaban J connectivity index is 0.00000180. The molecule has 1 aromatic carbocycles. The zero-order valence-electron chi connectivity index (χ0n) is 10.6. The zero-order valence-corrected chi connectivity index (χ0v) is 12.1. The Bertz CT molecular complexity index is 516. The lowest BCUT2D eigenvalue weighted by atomic mass is 10.1. The van der Waals surface area contributed by atoms with Gasteiger partial charge in [-0.1, -0.05) is 23.7 Å². The van der Waals surface area contributed by atoms with Crippen molar-refractivity contribution < 1.29 is 5.11 Å². The number of halogens is 2. The fourth-order valence-electron chi connectivity index (χ4n) is 1.73. The number of hydrogen-bond donors (Lipinski definition) is 3. The predicted octanol–water partition coefficient (Wildman–Crippen LogP) is 2.62. The van der Waals surface area contributed by atoms with Gasteiger partial charge < -0.3 is 10.4 Å². The van der Waals surface area contributed by atoms with Gasteiger partial charge in [0, 0.05) is 29.4 Å². The van der Waals surface area contributed by atoms with Crippen LogP contribution in [0.3, 0.4) is 0 Å². The summed E-state index contributed by atoms with van der Waals surface area (Å²) in [6, 6.07) is 7.26. The Morgan fingerprint density at radius 3 is 2.89 bits per heavy atom. The van der Waals surface area contributed by atoms with Crippen molar-refractivity contribution in [2.45, 2.75) is 19.6 Å². The molecule has 0 spiro atoms. The molecule has 1 atom stereocenters. The Hall–Kier alpha value is -1.07. The van der Waals surface area contributed by atoms with E-state index in [9.17, 15) is 5.11 Å². The van der Waals surface area contributed by atoms with E-state index in [1.807, 2.05) is 19.1 Å². The number of H-pyrrole nitrogens is 1. The molecular weight excluding hydrogens is 285 g/mol. The highest BCUT2D eigenvalue weighted by Gasteiger charge is 2.08. The average molecular weight is 302 g/mol. The summed E-state index contributed by atoms with van der Waals surface area (Å²) in [5, 5.41) is 20.6. The van der Waals surface area contributed by atoms with Gasteiger partial charge in [-0.25, -0.2) is 0 Å². The molecule has 3 N–H and O–H groups in total. The van der Waals surface area contributed by atoms with Gasteiger partial charge in [-0.15, -0.1) is 12.4 Å². The third-order valence-electron chi connectivity index (χ3n) is 2.82. The lowest BCUT2D eigenvalue weighted by Gasteiger charge is -2.12. The quantitative estimate of drug-likeness (QED) is 0.795. The van der Waals surface area contributed by atoms with Crippen LogP contribution in [-0.4, -0.2) is 21.8 Å². The summed E-state index contributed by atoms with van der Waals surface area (Å²) in [7, 11) is 0. The van der Waals surface area contributed by atoms with Gasteiger partial charge in [-0.3, -0.25) is 5.10 Å². The SMILES string of the molecule is Cc1[nH]ncc1CNCC(O)c1cccc(Cl)c1.Cl. The Morgan fingerprint density at radius 1 is 1.47 bits per heavy atom. The summed E-state index contributed by atoms with van der Waals surface area (Å²) in [5.74, 6) is 0. The molecule has 0 aliphatic rings. The smallest absolute Gasteiger partial charge is 0.0915 e. The van der Waals surface area contributed by atoms with Crippen molar-refractivity contribution in [2.24, 2.45) is 0 Å². The maximum absolute atomic E-state index is 10.00. The molecule has 0 radical (unpaired) electrons. The van der Waals surface area contributed by atoms with E-state index in [0.717, 1.165) is 16.8 Å². The Labute approximate surface area is 123 Å². The van der Waals surface area contributed by atoms with Crippen LogP contribution in [0.1, 0.15) is 22.9 Å². The summed E-state index contributed by atoms with van der Waals surface area (Å²) in [6.07, 6.45) is 1.23. The maximum Gasteiger partial charge on any atom is 0.0915 e. The molecular formula is C13H17Cl2N3O. The van der Waals surface area contributed by atoms with Crippen LogP contribution >= 0.6 is 24.0 Å². The molecule has 0 saturated carbocycles. The van der Waals surface area contributed by atoms with Crippen molar-refractivity contribution in [1.29, 1.82) is 0 Å². The van der Waals surface area contributed by atoms with Crippen LogP contribution in [0.25, 0.3) is 0 Å². The summed E-state index contributed by atoms with van der Waals surface area (Å²) >= 11 is 5.88. The number of aliphatic hydroxyl groups is 1. The highest BCUT2D eigenvalue weighted by Crippen LogP contribution is 2.17. The molecule has 1 aromatic heterocycles. The molecule has 2 rings (SSSR count). The monoisotopic (exact) mass is 301 g/mol. The van der Waals surface area contributed by atoms with Crippen LogP contribution < -0.4 is 5.32 Å². The van der Waals surface area contributed by atoms with E-state index in [-0.39, 0.29) is 12.4 Å². The molecule has 0 amide bonds. The number of nitrogens with one attached hydrogen (secondary N) is 2. The van der Waals surface area contributed by atoms with E-state index in [0.29, 0.717) is 18.1 Å². The van der Waals surface area contributed by atoms with E-state index in [1.54, 1.807) is 18.3 Å².